The molecule has 20 heavy (non-hydrogen) atoms. The van der Waals surface area contributed by atoms with Crippen molar-refractivity contribution in [2.24, 2.45) is 5.92 Å². The average Bonchev–Trinajstić information content (AvgIpc) is 2.44. The Morgan fingerprint density at radius 2 is 2.05 bits per heavy atom. The molecule has 0 atom stereocenters. The van der Waals surface area contributed by atoms with Crippen molar-refractivity contribution in [1.29, 1.82) is 0 Å². The van der Waals surface area contributed by atoms with Gasteiger partial charge in [0.25, 0.3) is 0 Å². The Labute approximate surface area is 125 Å². The molecule has 0 fully saturated rings. The first-order valence-corrected chi connectivity index (χ1v) is 7.97. The van der Waals surface area contributed by atoms with E-state index < -0.39 is 0 Å². The summed E-state index contributed by atoms with van der Waals surface area (Å²) in [6.07, 6.45) is 6.08. The lowest BCUT2D eigenvalue weighted by molar-refractivity contribution is 0.348. The highest BCUT2D eigenvalue weighted by atomic mass is 15.1. The van der Waals surface area contributed by atoms with E-state index in [1.54, 1.807) is 0 Å². The zero-order valence-electron chi connectivity index (χ0n) is 13.9. The Kier molecular flexibility index (Phi) is 7.61. The number of benzene rings is 1. The fraction of sp³-hybridized carbons (Fsp3) is 0.579. The third kappa shape index (κ3) is 6.38. The van der Waals surface area contributed by atoms with Crippen LogP contribution in [0.3, 0.4) is 0 Å². The molecular formula is C19H31N. The van der Waals surface area contributed by atoms with Gasteiger partial charge >= 0.3 is 0 Å². The van der Waals surface area contributed by atoms with E-state index in [1.165, 1.54) is 36.1 Å². The standard InChI is InChI=1S/C19H31N/c1-6-18-10-7-11-19(15-18)17(4)12-14-20(5)13-8-9-16(2)3/h7,10-12,15-16H,6,8-9,13-14H2,1-5H3/b17-12+. The zero-order valence-corrected chi connectivity index (χ0v) is 13.9. The summed E-state index contributed by atoms with van der Waals surface area (Å²) in [5, 5.41) is 0. The van der Waals surface area contributed by atoms with Gasteiger partial charge in [0, 0.05) is 6.54 Å². The SMILES string of the molecule is CCc1cccc(/C(C)=C/CN(C)CCCC(C)C)c1. The highest BCUT2D eigenvalue weighted by Gasteiger charge is 2.00. The van der Waals surface area contributed by atoms with Crippen LogP contribution in [0.25, 0.3) is 5.57 Å². The minimum Gasteiger partial charge on any atom is -0.303 e. The Balaban J connectivity index is 2.47. The van der Waals surface area contributed by atoms with Crippen LogP contribution in [0.15, 0.2) is 30.3 Å². The molecule has 0 aliphatic heterocycles. The normalized spacial score (nSPS) is 12.4. The molecule has 1 aromatic carbocycles. The van der Waals surface area contributed by atoms with Crippen molar-refractivity contribution < 1.29 is 0 Å². The molecule has 1 aromatic rings. The summed E-state index contributed by atoms with van der Waals surface area (Å²) in [5.74, 6) is 0.817. The summed E-state index contributed by atoms with van der Waals surface area (Å²) < 4.78 is 0. The van der Waals surface area contributed by atoms with Crippen LogP contribution in [-0.2, 0) is 6.42 Å². The van der Waals surface area contributed by atoms with E-state index >= 15 is 0 Å². The van der Waals surface area contributed by atoms with Crippen LogP contribution in [0.4, 0.5) is 0 Å². The number of allylic oxidation sites excluding steroid dienone is 1. The number of rotatable bonds is 8. The molecule has 1 heteroatoms. The van der Waals surface area contributed by atoms with Gasteiger partial charge < -0.3 is 4.90 Å². The fourth-order valence-corrected chi connectivity index (χ4v) is 2.31. The van der Waals surface area contributed by atoms with Crippen molar-refractivity contribution in [3.05, 3.63) is 41.5 Å². The van der Waals surface area contributed by atoms with Crippen molar-refractivity contribution >= 4 is 5.57 Å². The molecule has 0 spiro atoms. The molecule has 0 bridgehead atoms. The molecule has 1 nitrogen and oxygen atoms in total. The van der Waals surface area contributed by atoms with E-state index in [2.05, 4.69) is 70.0 Å². The number of likely N-dealkylation sites (N-methyl/N-ethyl adjacent to an activating group) is 1. The Morgan fingerprint density at radius 1 is 1.30 bits per heavy atom. The molecule has 0 aromatic heterocycles. The minimum atomic E-state index is 0.817. The van der Waals surface area contributed by atoms with Crippen LogP contribution >= 0.6 is 0 Å². The summed E-state index contributed by atoms with van der Waals surface area (Å²) in [5.41, 5.74) is 4.16. The minimum absolute atomic E-state index is 0.817. The molecule has 0 heterocycles. The first kappa shape index (κ1) is 17.0. The summed E-state index contributed by atoms with van der Waals surface area (Å²) in [7, 11) is 2.21. The van der Waals surface area contributed by atoms with E-state index in [-0.39, 0.29) is 0 Å². The van der Waals surface area contributed by atoms with Gasteiger partial charge in [0.1, 0.15) is 0 Å². The quantitative estimate of drug-likeness (QED) is 0.643. The topological polar surface area (TPSA) is 3.24 Å². The lowest BCUT2D eigenvalue weighted by Gasteiger charge is -2.15. The van der Waals surface area contributed by atoms with E-state index in [1.807, 2.05) is 0 Å². The van der Waals surface area contributed by atoms with Gasteiger partial charge in [-0.3, -0.25) is 0 Å². The van der Waals surface area contributed by atoms with Crippen LogP contribution < -0.4 is 0 Å². The van der Waals surface area contributed by atoms with Crippen molar-refractivity contribution in [2.75, 3.05) is 20.1 Å². The first-order valence-electron chi connectivity index (χ1n) is 7.97. The van der Waals surface area contributed by atoms with Crippen LogP contribution in [0, 0.1) is 5.92 Å². The van der Waals surface area contributed by atoms with Gasteiger partial charge in [-0.25, -0.2) is 0 Å². The number of hydrogen-bond acceptors (Lipinski definition) is 1. The maximum Gasteiger partial charge on any atom is 0.0165 e. The van der Waals surface area contributed by atoms with Crippen molar-refractivity contribution in [2.45, 2.75) is 47.0 Å². The molecule has 0 saturated heterocycles. The van der Waals surface area contributed by atoms with Crippen LogP contribution in [0.2, 0.25) is 0 Å². The van der Waals surface area contributed by atoms with E-state index in [0.29, 0.717) is 0 Å². The Hall–Kier alpha value is -1.08. The van der Waals surface area contributed by atoms with E-state index in [0.717, 1.165) is 18.9 Å². The van der Waals surface area contributed by atoms with Gasteiger partial charge in [-0.1, -0.05) is 51.1 Å². The molecule has 112 valence electrons. The van der Waals surface area contributed by atoms with Gasteiger partial charge in [0.2, 0.25) is 0 Å². The molecule has 0 radical (unpaired) electrons. The largest absolute Gasteiger partial charge is 0.303 e. The predicted octanol–water partition coefficient (Wildman–Crippen LogP) is 5.02. The molecule has 0 saturated carbocycles. The molecule has 0 amide bonds. The lowest BCUT2D eigenvalue weighted by Crippen LogP contribution is -2.20. The van der Waals surface area contributed by atoms with E-state index in [9.17, 15) is 0 Å². The van der Waals surface area contributed by atoms with Crippen LogP contribution in [-0.4, -0.2) is 25.0 Å². The summed E-state index contributed by atoms with van der Waals surface area (Å²) in [4.78, 5) is 2.41. The molecule has 0 N–H and O–H groups in total. The fourth-order valence-electron chi connectivity index (χ4n) is 2.31. The summed E-state index contributed by atoms with van der Waals surface area (Å²) in [6.45, 7) is 11.3. The van der Waals surface area contributed by atoms with Gasteiger partial charge in [-0.15, -0.1) is 0 Å². The molecule has 0 aliphatic carbocycles. The number of hydrogen-bond donors (Lipinski definition) is 0. The highest BCUT2D eigenvalue weighted by molar-refractivity contribution is 5.64. The zero-order chi connectivity index (χ0) is 15.0. The maximum absolute atomic E-state index is 2.41. The van der Waals surface area contributed by atoms with Crippen molar-refractivity contribution in [3.63, 3.8) is 0 Å². The second kappa shape index (κ2) is 8.97. The maximum atomic E-state index is 2.41. The lowest BCUT2D eigenvalue weighted by atomic mass is 10.0. The van der Waals surface area contributed by atoms with E-state index in [4.69, 9.17) is 0 Å². The monoisotopic (exact) mass is 273 g/mol. The Morgan fingerprint density at radius 3 is 2.70 bits per heavy atom. The highest BCUT2D eigenvalue weighted by Crippen LogP contribution is 2.16. The average molecular weight is 273 g/mol. The third-order valence-corrected chi connectivity index (χ3v) is 3.82. The second-order valence-corrected chi connectivity index (χ2v) is 6.24. The van der Waals surface area contributed by atoms with Gasteiger partial charge in [-0.05, 0) is 62.4 Å². The van der Waals surface area contributed by atoms with Crippen molar-refractivity contribution in [1.82, 2.24) is 4.90 Å². The second-order valence-electron chi connectivity index (χ2n) is 6.24. The molecular weight excluding hydrogens is 242 g/mol. The first-order chi connectivity index (χ1) is 9.52. The van der Waals surface area contributed by atoms with Gasteiger partial charge in [-0.2, -0.15) is 0 Å². The smallest absolute Gasteiger partial charge is 0.0165 e. The molecule has 1 rings (SSSR count). The predicted molar refractivity (Wildman–Crippen MR) is 91.0 cm³/mol. The van der Waals surface area contributed by atoms with Gasteiger partial charge in [0.05, 0.1) is 0 Å². The third-order valence-electron chi connectivity index (χ3n) is 3.82. The number of aryl methyl sites for hydroxylation is 1. The summed E-state index contributed by atoms with van der Waals surface area (Å²) in [6, 6.07) is 8.89. The molecule has 0 aliphatic rings. The van der Waals surface area contributed by atoms with Crippen molar-refractivity contribution in [3.8, 4) is 0 Å². The van der Waals surface area contributed by atoms with Gasteiger partial charge in [0.15, 0.2) is 0 Å². The number of nitrogens with zero attached hydrogens (tertiary/aromatic N) is 1. The van der Waals surface area contributed by atoms with Crippen LogP contribution in [0.1, 0.15) is 51.7 Å². The summed E-state index contributed by atoms with van der Waals surface area (Å²) >= 11 is 0. The van der Waals surface area contributed by atoms with Crippen LogP contribution in [0.5, 0.6) is 0 Å². The molecule has 0 unspecified atom stereocenters. The Bertz CT molecular complexity index is 418.